The van der Waals surface area contributed by atoms with Gasteiger partial charge in [-0.25, -0.2) is 9.59 Å². The van der Waals surface area contributed by atoms with E-state index in [1.165, 1.54) is 6.07 Å². The van der Waals surface area contributed by atoms with Gasteiger partial charge >= 0.3 is 12.1 Å². The number of phenols is 1. The molecule has 6 rings (SSSR count). The molecule has 0 aromatic heterocycles. The van der Waals surface area contributed by atoms with Crippen molar-refractivity contribution >= 4 is 35.3 Å². The van der Waals surface area contributed by atoms with Crippen molar-refractivity contribution in [2.75, 3.05) is 71.3 Å². The highest BCUT2D eigenvalue weighted by Gasteiger charge is 2.36. The molecule has 3 fully saturated rings. The normalized spacial score (nSPS) is 21.3. The number of halogens is 1. The number of piperidine rings is 2. The first-order valence-electron chi connectivity index (χ1n) is 16.5. The van der Waals surface area contributed by atoms with Crippen molar-refractivity contribution in [2.24, 2.45) is 0 Å². The number of carbonyl (C=O) groups is 3. The third kappa shape index (κ3) is 7.53. The van der Waals surface area contributed by atoms with E-state index in [0.29, 0.717) is 57.2 Å². The van der Waals surface area contributed by atoms with E-state index in [2.05, 4.69) is 22.2 Å². The molecule has 0 spiro atoms. The van der Waals surface area contributed by atoms with E-state index in [1.807, 2.05) is 34.1 Å². The topological polar surface area (TPSA) is 109 Å². The fourth-order valence-electron chi connectivity index (χ4n) is 7.24. The number of nitrogens with one attached hydrogen (secondary N) is 1. The van der Waals surface area contributed by atoms with Gasteiger partial charge in [0.15, 0.2) is 6.10 Å². The summed E-state index contributed by atoms with van der Waals surface area (Å²) >= 11 is 6.17. The molecule has 2 aromatic carbocycles. The number of nitrogens with zero attached hydrogens (tertiary/aromatic N) is 5. The molecule has 4 aliphatic heterocycles. The Labute approximate surface area is 276 Å². The van der Waals surface area contributed by atoms with Crippen LogP contribution in [0, 0.1) is 0 Å². The lowest BCUT2D eigenvalue weighted by Crippen LogP contribution is -2.56. The monoisotopic (exact) mass is 652 g/mol. The highest BCUT2D eigenvalue weighted by Crippen LogP contribution is 2.27. The van der Waals surface area contributed by atoms with Crippen LogP contribution in [0.4, 0.5) is 15.3 Å². The Kier molecular flexibility index (Phi) is 10.2. The molecular weight excluding hydrogens is 608 g/mol. The molecule has 0 bridgehead atoms. The molecule has 0 aliphatic carbocycles. The minimum atomic E-state index is -1.02. The van der Waals surface area contributed by atoms with Crippen molar-refractivity contribution in [1.82, 2.24) is 24.5 Å². The lowest BCUT2D eigenvalue weighted by molar-refractivity contribution is -0.143. The van der Waals surface area contributed by atoms with E-state index >= 15 is 0 Å². The van der Waals surface area contributed by atoms with Crippen molar-refractivity contribution in [3.63, 3.8) is 0 Å². The highest BCUT2D eigenvalue weighted by atomic mass is 35.5. The summed E-state index contributed by atoms with van der Waals surface area (Å²) in [5.41, 5.74) is 2.67. The number of phenolic OH excluding ortho intramolecular Hbond substituents is 1. The Morgan fingerprint density at radius 3 is 2.33 bits per heavy atom. The number of aromatic hydroxyl groups is 1. The number of likely N-dealkylation sites (tertiary alicyclic amines) is 2. The molecule has 46 heavy (non-hydrogen) atoms. The second kappa shape index (κ2) is 14.5. The standard InChI is InChI=1S/C34H45ClN6O5/c1-37-13-9-26(10-14-37)38-18-20-39(21-19-38)32(43)31(23-24-6-7-30(42)28(35)22-24)46-34(45)40-15-11-27(12-16-40)41-17-8-25-4-2-3-5-29(25)36-33(41)44/h2-7,22,26-27,31,42H,8-21,23H2,1H3,(H,36,44)/t31-/m1/s1. The van der Waals surface area contributed by atoms with Crippen LogP contribution in [0.3, 0.4) is 0 Å². The van der Waals surface area contributed by atoms with E-state index in [4.69, 9.17) is 16.3 Å². The molecule has 12 heteroatoms. The van der Waals surface area contributed by atoms with Crippen LogP contribution in [0.2, 0.25) is 5.02 Å². The van der Waals surface area contributed by atoms with Crippen LogP contribution in [0.5, 0.6) is 5.75 Å². The average Bonchev–Trinajstić information content (AvgIpc) is 3.24. The molecule has 2 N–H and O–H groups in total. The number of ether oxygens (including phenoxy) is 1. The fourth-order valence-corrected chi connectivity index (χ4v) is 7.44. The van der Waals surface area contributed by atoms with Gasteiger partial charge in [0, 0.05) is 70.0 Å². The van der Waals surface area contributed by atoms with E-state index < -0.39 is 12.2 Å². The van der Waals surface area contributed by atoms with Gasteiger partial charge in [0.1, 0.15) is 5.75 Å². The first-order valence-corrected chi connectivity index (χ1v) is 16.9. The van der Waals surface area contributed by atoms with Gasteiger partial charge in [0.2, 0.25) is 0 Å². The maximum atomic E-state index is 13.9. The maximum absolute atomic E-state index is 13.9. The number of para-hydroxylation sites is 1. The van der Waals surface area contributed by atoms with Crippen LogP contribution < -0.4 is 5.32 Å². The first kappa shape index (κ1) is 32.4. The molecular formula is C34H45ClN6O5. The number of piperazine rings is 1. The lowest BCUT2D eigenvalue weighted by atomic mass is 10.0. The summed E-state index contributed by atoms with van der Waals surface area (Å²) in [5, 5.41) is 13.1. The van der Waals surface area contributed by atoms with Crippen molar-refractivity contribution in [3.8, 4) is 5.75 Å². The zero-order valence-electron chi connectivity index (χ0n) is 26.6. The summed E-state index contributed by atoms with van der Waals surface area (Å²) in [6.07, 6.45) is 2.92. The highest BCUT2D eigenvalue weighted by molar-refractivity contribution is 6.32. The Hall–Kier alpha value is -3.54. The molecule has 3 saturated heterocycles. The van der Waals surface area contributed by atoms with Gasteiger partial charge in [0.05, 0.1) is 5.02 Å². The van der Waals surface area contributed by atoms with E-state index in [0.717, 1.165) is 56.7 Å². The third-order valence-electron chi connectivity index (χ3n) is 10.1. The number of hydrogen-bond acceptors (Lipinski definition) is 7. The Balaban J connectivity index is 1.07. The van der Waals surface area contributed by atoms with Crippen molar-refractivity contribution in [1.29, 1.82) is 0 Å². The molecule has 0 saturated carbocycles. The second-order valence-corrected chi connectivity index (χ2v) is 13.4. The number of urea groups is 1. The number of rotatable bonds is 6. The van der Waals surface area contributed by atoms with Gasteiger partial charge in [0.25, 0.3) is 5.91 Å². The zero-order chi connectivity index (χ0) is 32.2. The zero-order valence-corrected chi connectivity index (χ0v) is 27.3. The molecule has 1 atom stereocenters. The van der Waals surface area contributed by atoms with Crippen molar-refractivity contribution in [3.05, 3.63) is 58.6 Å². The molecule has 2 aromatic rings. The summed E-state index contributed by atoms with van der Waals surface area (Å²) < 4.78 is 5.98. The van der Waals surface area contributed by atoms with Gasteiger partial charge < -0.3 is 34.8 Å². The van der Waals surface area contributed by atoms with Gasteiger partial charge in [-0.05, 0) is 81.6 Å². The average molecular weight is 653 g/mol. The summed E-state index contributed by atoms with van der Waals surface area (Å²) in [6.45, 7) is 6.44. The predicted octanol–water partition coefficient (Wildman–Crippen LogP) is 3.89. The fraction of sp³-hybridized carbons (Fsp3) is 0.559. The van der Waals surface area contributed by atoms with Gasteiger partial charge in [-0.2, -0.15) is 0 Å². The third-order valence-corrected chi connectivity index (χ3v) is 10.4. The van der Waals surface area contributed by atoms with Crippen LogP contribution in [-0.4, -0.2) is 132 Å². The molecule has 11 nitrogen and oxygen atoms in total. The Bertz CT molecular complexity index is 1400. The largest absolute Gasteiger partial charge is 0.506 e. The summed E-state index contributed by atoms with van der Waals surface area (Å²) in [6, 6.07) is 13.1. The number of amides is 4. The summed E-state index contributed by atoms with van der Waals surface area (Å²) in [4.78, 5) is 50.6. The van der Waals surface area contributed by atoms with Crippen LogP contribution >= 0.6 is 11.6 Å². The number of benzene rings is 2. The number of carbonyl (C=O) groups excluding carboxylic acids is 3. The van der Waals surface area contributed by atoms with Crippen LogP contribution in [0.1, 0.15) is 36.8 Å². The SMILES string of the molecule is CN1CCC(N2CCN(C(=O)[C@@H](Cc3ccc(O)c(Cl)c3)OC(=O)N3CCC(N4CCc5ccccc5NC4=O)CC3)CC2)CC1. The molecule has 0 unspecified atom stereocenters. The molecule has 0 radical (unpaired) electrons. The minimum Gasteiger partial charge on any atom is -0.506 e. The van der Waals surface area contributed by atoms with E-state index in [-0.39, 0.29) is 35.2 Å². The maximum Gasteiger partial charge on any atom is 0.410 e. The number of anilines is 1. The van der Waals surface area contributed by atoms with Gasteiger partial charge in [-0.15, -0.1) is 0 Å². The molecule has 4 heterocycles. The van der Waals surface area contributed by atoms with Gasteiger partial charge in [-0.1, -0.05) is 35.9 Å². The number of hydrogen-bond donors (Lipinski definition) is 2. The first-order chi connectivity index (χ1) is 22.2. The molecule has 4 aliphatic rings. The number of fused-ring (bicyclic) bond motifs is 1. The molecule has 4 amide bonds. The molecule has 248 valence electrons. The van der Waals surface area contributed by atoms with Crippen LogP contribution in [0.15, 0.2) is 42.5 Å². The Morgan fingerprint density at radius 1 is 0.913 bits per heavy atom. The minimum absolute atomic E-state index is 0.00999. The summed E-state index contributed by atoms with van der Waals surface area (Å²) in [5.74, 6) is -0.253. The van der Waals surface area contributed by atoms with Crippen molar-refractivity contribution < 1.29 is 24.2 Å². The van der Waals surface area contributed by atoms with Crippen molar-refractivity contribution in [2.45, 2.75) is 56.7 Å². The van der Waals surface area contributed by atoms with E-state index in [1.54, 1.807) is 17.0 Å². The predicted molar refractivity (Wildman–Crippen MR) is 176 cm³/mol. The second-order valence-electron chi connectivity index (χ2n) is 13.0. The lowest BCUT2D eigenvalue weighted by Gasteiger charge is -2.42. The van der Waals surface area contributed by atoms with E-state index in [9.17, 15) is 19.5 Å². The summed E-state index contributed by atoms with van der Waals surface area (Å²) in [7, 11) is 2.16. The van der Waals surface area contributed by atoms with Gasteiger partial charge in [-0.3, -0.25) is 9.69 Å². The van der Waals surface area contributed by atoms with Crippen LogP contribution in [0.25, 0.3) is 0 Å². The smallest absolute Gasteiger partial charge is 0.410 e. The quantitative estimate of drug-likeness (QED) is 0.488. The van der Waals surface area contributed by atoms with Crippen LogP contribution in [-0.2, 0) is 22.4 Å². The Morgan fingerprint density at radius 2 is 1.61 bits per heavy atom.